The molecule has 1 aliphatic heterocycles. The van der Waals surface area contributed by atoms with Crippen molar-refractivity contribution < 1.29 is 4.79 Å². The number of halogens is 1. The number of nitrogens with zero attached hydrogens (tertiary/aromatic N) is 2. The van der Waals surface area contributed by atoms with Crippen LogP contribution in [0.5, 0.6) is 0 Å². The Balaban J connectivity index is 0.00000338. The first kappa shape index (κ1) is 23.5. The van der Waals surface area contributed by atoms with Gasteiger partial charge in [0.1, 0.15) is 6.54 Å². The van der Waals surface area contributed by atoms with Gasteiger partial charge >= 0.3 is 0 Å². The molecule has 1 aliphatic carbocycles. The van der Waals surface area contributed by atoms with Crippen molar-refractivity contribution in [2.75, 3.05) is 26.2 Å². The second kappa shape index (κ2) is 12.8. The molecule has 0 aromatic heterocycles. The lowest BCUT2D eigenvalue weighted by Crippen LogP contribution is -2.50. The summed E-state index contributed by atoms with van der Waals surface area (Å²) in [6.07, 6.45) is 8.23. The Morgan fingerprint density at radius 1 is 1.04 bits per heavy atom. The maximum Gasteiger partial charge on any atom is 0.242 e. The van der Waals surface area contributed by atoms with Gasteiger partial charge < -0.3 is 20.9 Å². The highest BCUT2D eigenvalue weighted by Gasteiger charge is 2.21. The molecule has 0 atom stereocenters. The van der Waals surface area contributed by atoms with E-state index in [0.717, 1.165) is 51.3 Å². The van der Waals surface area contributed by atoms with Gasteiger partial charge in [0.15, 0.2) is 5.96 Å². The molecule has 2 rings (SSSR count). The smallest absolute Gasteiger partial charge is 0.242 e. The van der Waals surface area contributed by atoms with Crippen molar-refractivity contribution >= 4 is 35.8 Å². The highest BCUT2D eigenvalue weighted by Crippen LogP contribution is 2.17. The number of rotatable bonds is 6. The predicted octanol–water partition coefficient (Wildman–Crippen LogP) is 2.48. The van der Waals surface area contributed by atoms with Crippen LogP contribution in [0.15, 0.2) is 4.99 Å². The minimum absolute atomic E-state index is 0. The summed E-state index contributed by atoms with van der Waals surface area (Å²) < 4.78 is 0. The molecule has 1 heterocycles. The third-order valence-electron chi connectivity index (χ3n) is 5.30. The molecule has 1 amide bonds. The summed E-state index contributed by atoms with van der Waals surface area (Å²) in [6, 6.07) is 1.41. The summed E-state index contributed by atoms with van der Waals surface area (Å²) in [6.45, 7) is 9.82. The molecule has 26 heavy (non-hydrogen) atoms. The fourth-order valence-corrected chi connectivity index (χ4v) is 3.74. The van der Waals surface area contributed by atoms with Crippen LogP contribution in [0.2, 0.25) is 0 Å². The number of amides is 1. The monoisotopic (exact) mass is 479 g/mol. The molecule has 1 saturated heterocycles. The Labute approximate surface area is 176 Å². The van der Waals surface area contributed by atoms with Gasteiger partial charge in [-0.2, -0.15) is 0 Å². The van der Waals surface area contributed by atoms with Gasteiger partial charge in [-0.3, -0.25) is 4.79 Å². The molecule has 2 aliphatic rings. The summed E-state index contributed by atoms with van der Waals surface area (Å²) in [5, 5.41) is 9.91. The number of likely N-dealkylation sites (tertiary alicyclic amines) is 1. The van der Waals surface area contributed by atoms with Gasteiger partial charge in [0, 0.05) is 37.8 Å². The Kier molecular flexibility index (Phi) is 11.5. The molecular formula is C19H38IN5O. The van der Waals surface area contributed by atoms with Crippen molar-refractivity contribution in [3.63, 3.8) is 0 Å². The van der Waals surface area contributed by atoms with Crippen molar-refractivity contribution in [1.29, 1.82) is 0 Å². The first-order chi connectivity index (χ1) is 12.1. The number of piperidine rings is 1. The van der Waals surface area contributed by atoms with E-state index in [1.807, 2.05) is 0 Å². The molecule has 2 fully saturated rings. The maximum absolute atomic E-state index is 12.1. The zero-order valence-electron chi connectivity index (χ0n) is 16.7. The molecule has 1 saturated carbocycles. The van der Waals surface area contributed by atoms with E-state index < -0.39 is 0 Å². The van der Waals surface area contributed by atoms with Crippen LogP contribution in [-0.4, -0.2) is 61.1 Å². The van der Waals surface area contributed by atoms with E-state index in [0.29, 0.717) is 18.1 Å². The molecule has 0 radical (unpaired) electrons. The fourth-order valence-electron chi connectivity index (χ4n) is 3.74. The minimum atomic E-state index is 0. The summed E-state index contributed by atoms with van der Waals surface area (Å²) >= 11 is 0. The average Bonchev–Trinajstić information content (AvgIpc) is 2.61. The second-order valence-electron chi connectivity index (χ2n) is 7.65. The zero-order valence-corrected chi connectivity index (χ0v) is 19.1. The van der Waals surface area contributed by atoms with Crippen LogP contribution in [0, 0.1) is 0 Å². The quantitative estimate of drug-likeness (QED) is 0.311. The number of nitrogens with one attached hydrogen (secondary N) is 3. The van der Waals surface area contributed by atoms with Crippen molar-refractivity contribution in [3.05, 3.63) is 0 Å². The van der Waals surface area contributed by atoms with E-state index in [1.54, 1.807) is 0 Å². The third kappa shape index (κ3) is 8.41. The number of carbonyl (C=O) groups excluding carboxylic acids is 1. The Bertz CT molecular complexity index is 430. The standard InChI is InChI=1S/C19H37N5O.HI/c1-4-20-19(23-17-10-12-24(13-11-17)15(2)3)21-14-18(25)22-16-8-6-5-7-9-16;/h15-17H,4-14H2,1-3H3,(H,22,25)(H2,20,21,23);1H. The number of guanidine groups is 1. The number of carbonyl (C=O) groups is 1. The lowest BCUT2D eigenvalue weighted by molar-refractivity contribution is -0.120. The highest BCUT2D eigenvalue weighted by molar-refractivity contribution is 14.0. The molecule has 7 heteroatoms. The highest BCUT2D eigenvalue weighted by atomic mass is 127. The minimum Gasteiger partial charge on any atom is -0.357 e. The molecule has 0 spiro atoms. The molecule has 0 aromatic carbocycles. The van der Waals surface area contributed by atoms with E-state index in [4.69, 9.17) is 0 Å². The molecule has 0 aromatic rings. The summed E-state index contributed by atoms with van der Waals surface area (Å²) in [5.41, 5.74) is 0. The fraction of sp³-hybridized carbons (Fsp3) is 0.895. The van der Waals surface area contributed by atoms with Crippen molar-refractivity contribution in [1.82, 2.24) is 20.9 Å². The first-order valence-electron chi connectivity index (χ1n) is 10.2. The van der Waals surface area contributed by atoms with Gasteiger partial charge in [-0.05, 0) is 46.5 Å². The number of aliphatic imine (C=N–C) groups is 1. The SMILES string of the molecule is CCNC(=NCC(=O)NC1CCCCC1)NC1CCN(C(C)C)CC1.I. The summed E-state index contributed by atoms with van der Waals surface area (Å²) in [7, 11) is 0. The van der Waals surface area contributed by atoms with E-state index in [1.165, 1.54) is 19.3 Å². The summed E-state index contributed by atoms with van der Waals surface area (Å²) in [5.74, 6) is 0.808. The summed E-state index contributed by atoms with van der Waals surface area (Å²) in [4.78, 5) is 19.2. The van der Waals surface area contributed by atoms with Crippen LogP contribution in [0.1, 0.15) is 65.7 Å². The molecule has 3 N–H and O–H groups in total. The lowest BCUT2D eigenvalue weighted by Gasteiger charge is -2.35. The largest absolute Gasteiger partial charge is 0.357 e. The molecule has 6 nitrogen and oxygen atoms in total. The van der Waals surface area contributed by atoms with Crippen molar-refractivity contribution in [2.45, 2.75) is 83.8 Å². The average molecular weight is 479 g/mol. The van der Waals surface area contributed by atoms with Gasteiger partial charge in [0.25, 0.3) is 0 Å². The van der Waals surface area contributed by atoms with Gasteiger partial charge in [-0.1, -0.05) is 19.3 Å². The Morgan fingerprint density at radius 3 is 2.23 bits per heavy atom. The van der Waals surface area contributed by atoms with Gasteiger partial charge in [-0.25, -0.2) is 4.99 Å². The Hall–Kier alpha value is -0.570. The van der Waals surface area contributed by atoms with Crippen LogP contribution in [0.4, 0.5) is 0 Å². The molecule has 0 unspecified atom stereocenters. The van der Waals surface area contributed by atoms with Crippen molar-refractivity contribution in [2.24, 2.45) is 4.99 Å². The van der Waals surface area contributed by atoms with Crippen LogP contribution in [-0.2, 0) is 4.79 Å². The van der Waals surface area contributed by atoms with E-state index in [2.05, 4.69) is 46.6 Å². The van der Waals surface area contributed by atoms with Crippen molar-refractivity contribution in [3.8, 4) is 0 Å². The molecule has 0 bridgehead atoms. The van der Waals surface area contributed by atoms with E-state index in [9.17, 15) is 4.79 Å². The first-order valence-corrected chi connectivity index (χ1v) is 10.2. The van der Waals surface area contributed by atoms with Gasteiger partial charge in [0.2, 0.25) is 5.91 Å². The topological polar surface area (TPSA) is 68.8 Å². The van der Waals surface area contributed by atoms with E-state index in [-0.39, 0.29) is 36.4 Å². The predicted molar refractivity (Wildman–Crippen MR) is 119 cm³/mol. The second-order valence-corrected chi connectivity index (χ2v) is 7.65. The number of hydrogen-bond donors (Lipinski definition) is 3. The van der Waals surface area contributed by atoms with E-state index >= 15 is 0 Å². The molecule has 152 valence electrons. The van der Waals surface area contributed by atoms with Crippen LogP contribution < -0.4 is 16.0 Å². The van der Waals surface area contributed by atoms with Crippen LogP contribution in [0.25, 0.3) is 0 Å². The normalized spacial score (nSPS) is 20.5. The van der Waals surface area contributed by atoms with Crippen LogP contribution in [0.3, 0.4) is 0 Å². The lowest BCUT2D eigenvalue weighted by atomic mass is 9.95. The molecular weight excluding hydrogens is 441 g/mol. The zero-order chi connectivity index (χ0) is 18.1. The third-order valence-corrected chi connectivity index (χ3v) is 5.30. The number of hydrogen-bond acceptors (Lipinski definition) is 3. The Morgan fingerprint density at radius 2 is 1.65 bits per heavy atom. The van der Waals surface area contributed by atoms with Gasteiger partial charge in [-0.15, -0.1) is 24.0 Å². The maximum atomic E-state index is 12.1. The van der Waals surface area contributed by atoms with Gasteiger partial charge in [0.05, 0.1) is 0 Å². The van der Waals surface area contributed by atoms with Crippen LogP contribution >= 0.6 is 24.0 Å².